The number of fused-ring (bicyclic) bond motifs is 1. The highest BCUT2D eigenvalue weighted by atomic mass is 32.2. The Morgan fingerprint density at radius 1 is 1.22 bits per heavy atom. The number of rotatable bonds is 7. The molecule has 7 nitrogen and oxygen atoms in total. The van der Waals surface area contributed by atoms with Gasteiger partial charge in [-0.25, -0.2) is 0 Å². The van der Waals surface area contributed by atoms with Crippen LogP contribution in [0.3, 0.4) is 0 Å². The Balaban J connectivity index is 1.59. The van der Waals surface area contributed by atoms with Gasteiger partial charge in [-0.15, -0.1) is 0 Å². The number of hydrogen-bond donors (Lipinski definition) is 1. The van der Waals surface area contributed by atoms with Crippen molar-refractivity contribution in [3.05, 3.63) is 58.0 Å². The quantitative estimate of drug-likeness (QED) is 0.438. The van der Waals surface area contributed by atoms with Crippen molar-refractivity contribution in [2.45, 2.75) is 58.9 Å². The molecule has 196 valence electrons. The van der Waals surface area contributed by atoms with Crippen LogP contribution < -0.4 is 15.0 Å². The van der Waals surface area contributed by atoms with E-state index >= 15 is 0 Å². The molecule has 0 aliphatic carbocycles. The number of methoxy groups -OCH3 is 1. The zero-order valence-electron chi connectivity index (χ0n) is 22.4. The van der Waals surface area contributed by atoms with Crippen molar-refractivity contribution in [3.63, 3.8) is 0 Å². The van der Waals surface area contributed by atoms with E-state index in [9.17, 15) is 14.4 Å². The Morgan fingerprint density at radius 2 is 1.92 bits per heavy atom. The SMILES string of the molecule is CCCN1c2cc(OC)c(/C=C3/SC(=O)N(CC(=O)Nc4ccc(C)cc4)C3=O)cc2C(C)CC1(C)C. The number of ether oxygens (including phenoxy) is 1. The van der Waals surface area contributed by atoms with Crippen LogP contribution in [0.25, 0.3) is 6.08 Å². The highest BCUT2D eigenvalue weighted by molar-refractivity contribution is 8.18. The first-order valence-electron chi connectivity index (χ1n) is 12.7. The highest BCUT2D eigenvalue weighted by Crippen LogP contribution is 2.46. The van der Waals surface area contributed by atoms with E-state index in [4.69, 9.17) is 4.74 Å². The Labute approximate surface area is 223 Å². The van der Waals surface area contributed by atoms with E-state index in [1.807, 2.05) is 25.1 Å². The van der Waals surface area contributed by atoms with Gasteiger partial charge in [-0.05, 0) is 81.1 Å². The average molecular weight is 522 g/mol. The Morgan fingerprint density at radius 3 is 2.57 bits per heavy atom. The fourth-order valence-corrected chi connectivity index (χ4v) is 6.05. The largest absolute Gasteiger partial charge is 0.496 e. The molecule has 0 spiro atoms. The fraction of sp³-hybridized carbons (Fsp3) is 0.414. The monoisotopic (exact) mass is 521 g/mol. The van der Waals surface area contributed by atoms with Crippen molar-refractivity contribution in [3.8, 4) is 5.75 Å². The molecule has 0 saturated carbocycles. The number of carbonyl (C=O) groups is 3. The van der Waals surface area contributed by atoms with E-state index in [-0.39, 0.29) is 17.0 Å². The lowest BCUT2D eigenvalue weighted by molar-refractivity contribution is -0.127. The lowest BCUT2D eigenvalue weighted by Crippen LogP contribution is -2.48. The first-order chi connectivity index (χ1) is 17.5. The van der Waals surface area contributed by atoms with E-state index in [0.29, 0.717) is 17.4 Å². The third kappa shape index (κ3) is 5.54. The van der Waals surface area contributed by atoms with Gasteiger partial charge in [0.15, 0.2) is 0 Å². The standard InChI is InChI=1S/C29H35N3O4S/c1-7-12-32-23-15-24(36-6)20(13-22(23)19(3)16-29(32,4)5)14-25-27(34)31(28(35)37-25)17-26(33)30-21-10-8-18(2)9-11-21/h8-11,13-15,19H,7,12,16-17H2,1-6H3,(H,30,33)/b25-14+. The molecule has 0 aromatic heterocycles. The summed E-state index contributed by atoms with van der Waals surface area (Å²) in [6, 6.07) is 11.5. The van der Waals surface area contributed by atoms with Crippen LogP contribution in [0.4, 0.5) is 16.2 Å². The molecule has 2 aliphatic heterocycles. The molecule has 1 saturated heterocycles. The van der Waals surface area contributed by atoms with Gasteiger partial charge >= 0.3 is 0 Å². The van der Waals surface area contributed by atoms with Crippen LogP contribution in [0.5, 0.6) is 5.75 Å². The number of imide groups is 1. The van der Waals surface area contributed by atoms with Crippen molar-refractivity contribution in [2.24, 2.45) is 0 Å². The van der Waals surface area contributed by atoms with E-state index in [1.165, 1.54) is 5.56 Å². The molecule has 1 N–H and O–H groups in total. The molecule has 2 aliphatic rings. The molecule has 4 rings (SSSR count). The third-order valence-corrected chi connectivity index (χ3v) is 7.89. The number of amides is 3. The van der Waals surface area contributed by atoms with Crippen LogP contribution in [0.1, 0.15) is 63.1 Å². The van der Waals surface area contributed by atoms with Crippen LogP contribution in [-0.4, -0.2) is 47.7 Å². The summed E-state index contributed by atoms with van der Waals surface area (Å²) in [5.74, 6) is 0.0761. The number of hydrogen-bond acceptors (Lipinski definition) is 6. The summed E-state index contributed by atoms with van der Waals surface area (Å²) in [4.78, 5) is 42.0. The van der Waals surface area contributed by atoms with Gasteiger partial charge in [0.05, 0.1) is 12.0 Å². The zero-order valence-corrected chi connectivity index (χ0v) is 23.2. The van der Waals surface area contributed by atoms with E-state index in [0.717, 1.165) is 52.9 Å². The molecule has 1 atom stereocenters. The van der Waals surface area contributed by atoms with Gasteiger partial charge in [0.25, 0.3) is 11.1 Å². The van der Waals surface area contributed by atoms with Crippen molar-refractivity contribution in [2.75, 3.05) is 30.4 Å². The van der Waals surface area contributed by atoms with E-state index in [1.54, 1.807) is 25.3 Å². The molecular formula is C29H35N3O4S. The lowest BCUT2D eigenvalue weighted by Gasteiger charge is -2.47. The summed E-state index contributed by atoms with van der Waals surface area (Å²) in [5, 5.41) is 2.28. The van der Waals surface area contributed by atoms with Crippen LogP contribution in [0, 0.1) is 6.92 Å². The predicted molar refractivity (Wildman–Crippen MR) is 150 cm³/mol. The van der Waals surface area contributed by atoms with Crippen molar-refractivity contribution < 1.29 is 19.1 Å². The Kier molecular flexibility index (Phi) is 7.69. The second kappa shape index (κ2) is 10.6. The highest BCUT2D eigenvalue weighted by Gasteiger charge is 2.38. The third-order valence-electron chi connectivity index (χ3n) is 6.98. The number of benzene rings is 2. The maximum absolute atomic E-state index is 13.1. The molecule has 2 aromatic rings. The summed E-state index contributed by atoms with van der Waals surface area (Å²) in [6.07, 6.45) is 3.75. The fourth-order valence-electron chi connectivity index (χ4n) is 5.22. The van der Waals surface area contributed by atoms with Gasteiger partial charge in [0.1, 0.15) is 12.3 Å². The Hall–Kier alpha value is -3.26. The van der Waals surface area contributed by atoms with Crippen molar-refractivity contribution in [1.82, 2.24) is 4.90 Å². The second-order valence-electron chi connectivity index (χ2n) is 10.4. The second-order valence-corrected chi connectivity index (χ2v) is 11.4. The number of anilines is 2. The summed E-state index contributed by atoms with van der Waals surface area (Å²) in [5.41, 5.74) is 4.82. The maximum atomic E-state index is 13.1. The van der Waals surface area contributed by atoms with Gasteiger partial charge in [-0.1, -0.05) is 31.5 Å². The van der Waals surface area contributed by atoms with Gasteiger partial charge in [-0.3, -0.25) is 19.3 Å². The number of aryl methyl sites for hydroxylation is 1. The first-order valence-corrected chi connectivity index (χ1v) is 13.5. The van der Waals surface area contributed by atoms with Gasteiger partial charge in [0, 0.05) is 35.1 Å². The topological polar surface area (TPSA) is 79.0 Å². The number of nitrogens with zero attached hydrogens (tertiary/aromatic N) is 2. The summed E-state index contributed by atoms with van der Waals surface area (Å²) < 4.78 is 5.73. The molecule has 2 heterocycles. The normalized spacial score (nSPS) is 19.8. The summed E-state index contributed by atoms with van der Waals surface area (Å²) in [6.45, 7) is 11.5. The molecule has 0 bridgehead atoms. The smallest absolute Gasteiger partial charge is 0.294 e. The lowest BCUT2D eigenvalue weighted by atomic mass is 9.79. The molecule has 1 fully saturated rings. The van der Waals surface area contributed by atoms with Crippen molar-refractivity contribution in [1.29, 1.82) is 0 Å². The average Bonchev–Trinajstić information content (AvgIpc) is 3.10. The van der Waals surface area contributed by atoms with E-state index < -0.39 is 17.1 Å². The minimum absolute atomic E-state index is 0.0246. The van der Waals surface area contributed by atoms with Crippen molar-refractivity contribution >= 4 is 46.3 Å². The minimum atomic E-state index is -0.476. The molecule has 0 radical (unpaired) electrons. The molecular weight excluding hydrogens is 486 g/mol. The predicted octanol–water partition coefficient (Wildman–Crippen LogP) is 6.18. The Bertz CT molecular complexity index is 1250. The molecule has 37 heavy (non-hydrogen) atoms. The molecule has 8 heteroatoms. The number of thioether (sulfide) groups is 1. The number of carbonyl (C=O) groups excluding carboxylic acids is 3. The number of nitrogens with one attached hydrogen (secondary N) is 1. The molecule has 2 aromatic carbocycles. The van der Waals surface area contributed by atoms with Crippen LogP contribution in [0.2, 0.25) is 0 Å². The van der Waals surface area contributed by atoms with Gasteiger partial charge < -0.3 is 15.0 Å². The zero-order chi connectivity index (χ0) is 26.9. The molecule has 3 amide bonds. The van der Waals surface area contributed by atoms with Crippen LogP contribution >= 0.6 is 11.8 Å². The van der Waals surface area contributed by atoms with Gasteiger partial charge in [0.2, 0.25) is 5.91 Å². The first kappa shape index (κ1) is 26.8. The summed E-state index contributed by atoms with van der Waals surface area (Å²) in [7, 11) is 1.61. The maximum Gasteiger partial charge on any atom is 0.294 e. The van der Waals surface area contributed by atoms with Crippen LogP contribution in [-0.2, 0) is 9.59 Å². The van der Waals surface area contributed by atoms with E-state index in [2.05, 4.69) is 44.0 Å². The van der Waals surface area contributed by atoms with Gasteiger partial charge in [-0.2, -0.15) is 0 Å². The summed E-state index contributed by atoms with van der Waals surface area (Å²) >= 11 is 0.845. The minimum Gasteiger partial charge on any atom is -0.496 e. The molecule has 1 unspecified atom stereocenters. The van der Waals surface area contributed by atoms with Crippen LogP contribution in [0.15, 0.2) is 41.3 Å².